The normalized spacial score (nSPS) is 18.6. The van der Waals surface area contributed by atoms with E-state index < -0.39 is 12.0 Å². The van der Waals surface area contributed by atoms with Crippen molar-refractivity contribution in [2.45, 2.75) is 59.4 Å². The first-order chi connectivity index (χ1) is 9.82. The molecular formula is C16H30N2O3. The van der Waals surface area contributed by atoms with E-state index in [4.69, 9.17) is 0 Å². The Labute approximate surface area is 128 Å². The van der Waals surface area contributed by atoms with Crippen molar-refractivity contribution in [3.63, 3.8) is 0 Å². The highest BCUT2D eigenvalue weighted by molar-refractivity contribution is 5.83. The zero-order valence-corrected chi connectivity index (χ0v) is 13.8. The van der Waals surface area contributed by atoms with Crippen molar-refractivity contribution in [1.29, 1.82) is 0 Å². The van der Waals surface area contributed by atoms with Crippen molar-refractivity contribution in [2.24, 2.45) is 11.8 Å². The summed E-state index contributed by atoms with van der Waals surface area (Å²) in [7, 11) is 0. The van der Waals surface area contributed by atoms with Gasteiger partial charge in [-0.2, -0.15) is 0 Å². The van der Waals surface area contributed by atoms with Gasteiger partial charge in [-0.1, -0.05) is 27.7 Å². The van der Waals surface area contributed by atoms with Crippen LogP contribution in [0.4, 0.5) is 4.79 Å². The molecule has 5 heteroatoms. The van der Waals surface area contributed by atoms with Gasteiger partial charge in [0.25, 0.3) is 0 Å². The molecule has 0 aromatic rings. The van der Waals surface area contributed by atoms with Crippen molar-refractivity contribution in [3.05, 3.63) is 0 Å². The molecule has 0 aromatic heterocycles. The molecule has 0 aromatic carbocycles. The Morgan fingerprint density at radius 1 is 1.14 bits per heavy atom. The van der Waals surface area contributed by atoms with Crippen LogP contribution in [0.2, 0.25) is 0 Å². The molecule has 1 heterocycles. The Hall–Kier alpha value is -1.26. The fraction of sp³-hybridized carbons (Fsp3) is 0.875. The molecule has 0 aliphatic carbocycles. The Morgan fingerprint density at radius 3 is 2.10 bits per heavy atom. The van der Waals surface area contributed by atoms with E-state index >= 15 is 0 Å². The zero-order chi connectivity index (χ0) is 16.0. The maximum atomic E-state index is 12.7. The van der Waals surface area contributed by atoms with E-state index in [2.05, 4.69) is 27.7 Å². The lowest BCUT2D eigenvalue weighted by atomic mass is 10.1. The zero-order valence-electron chi connectivity index (χ0n) is 13.8. The van der Waals surface area contributed by atoms with Crippen LogP contribution in [0.25, 0.3) is 0 Å². The van der Waals surface area contributed by atoms with Crippen molar-refractivity contribution < 1.29 is 14.7 Å². The molecule has 1 aliphatic rings. The molecule has 0 saturated carbocycles. The standard InChI is InChI=1S/C16H30N2O3/c1-12(2)7-10-17(11-8-13(3)4)16(21)18-9-5-6-14(18)15(19)20/h12-14H,5-11H2,1-4H3,(H,19,20)/t14-/m1/s1. The van der Waals surface area contributed by atoms with Crippen LogP contribution >= 0.6 is 0 Å². The molecule has 0 radical (unpaired) electrons. The Kier molecular flexibility index (Phi) is 6.99. The van der Waals surface area contributed by atoms with E-state index in [1.54, 1.807) is 4.90 Å². The van der Waals surface area contributed by atoms with Gasteiger partial charge in [0.05, 0.1) is 0 Å². The maximum absolute atomic E-state index is 12.7. The van der Waals surface area contributed by atoms with E-state index in [-0.39, 0.29) is 6.03 Å². The minimum Gasteiger partial charge on any atom is -0.480 e. The summed E-state index contributed by atoms with van der Waals surface area (Å²) in [5.74, 6) is 0.190. The Bertz CT molecular complexity index is 343. The average molecular weight is 298 g/mol. The fourth-order valence-corrected chi connectivity index (χ4v) is 2.57. The molecule has 1 fully saturated rings. The van der Waals surface area contributed by atoms with Crippen LogP contribution in [0.5, 0.6) is 0 Å². The summed E-state index contributed by atoms with van der Waals surface area (Å²) >= 11 is 0. The number of likely N-dealkylation sites (tertiary alicyclic amines) is 1. The van der Waals surface area contributed by atoms with Crippen molar-refractivity contribution in [3.8, 4) is 0 Å². The van der Waals surface area contributed by atoms with Crippen LogP contribution in [0.15, 0.2) is 0 Å². The molecule has 5 nitrogen and oxygen atoms in total. The van der Waals surface area contributed by atoms with Gasteiger partial charge < -0.3 is 14.9 Å². The molecular weight excluding hydrogens is 268 g/mol. The van der Waals surface area contributed by atoms with E-state index in [1.807, 2.05) is 4.90 Å². The van der Waals surface area contributed by atoms with Gasteiger partial charge in [-0.05, 0) is 37.5 Å². The third-order valence-electron chi connectivity index (χ3n) is 4.01. The number of urea groups is 1. The Morgan fingerprint density at radius 2 is 1.67 bits per heavy atom. The second kappa shape index (κ2) is 8.25. The largest absolute Gasteiger partial charge is 0.480 e. The molecule has 21 heavy (non-hydrogen) atoms. The first-order valence-electron chi connectivity index (χ1n) is 8.11. The minimum absolute atomic E-state index is 0.0961. The van der Waals surface area contributed by atoms with Gasteiger partial charge in [0.15, 0.2) is 0 Å². The first kappa shape index (κ1) is 17.8. The van der Waals surface area contributed by atoms with E-state index in [1.165, 1.54) is 0 Å². The SMILES string of the molecule is CC(C)CCN(CCC(C)C)C(=O)N1CCC[C@@H]1C(=O)O. The van der Waals surface area contributed by atoms with Gasteiger partial charge in [-0.3, -0.25) is 0 Å². The number of carbonyl (C=O) groups excluding carboxylic acids is 1. The molecule has 1 aliphatic heterocycles. The van der Waals surface area contributed by atoms with Crippen molar-refractivity contribution in [1.82, 2.24) is 9.80 Å². The number of nitrogens with zero attached hydrogens (tertiary/aromatic N) is 2. The third kappa shape index (κ3) is 5.56. The summed E-state index contributed by atoms with van der Waals surface area (Å²) in [6.45, 7) is 10.6. The second-order valence-electron chi connectivity index (χ2n) is 6.82. The van der Waals surface area contributed by atoms with Gasteiger partial charge in [-0.25, -0.2) is 9.59 Å². The molecule has 1 rings (SSSR count). The first-order valence-corrected chi connectivity index (χ1v) is 8.11. The molecule has 1 atom stereocenters. The predicted molar refractivity (Wildman–Crippen MR) is 83.2 cm³/mol. The predicted octanol–water partition coefficient (Wildman–Crippen LogP) is 3.05. The second-order valence-corrected chi connectivity index (χ2v) is 6.82. The third-order valence-corrected chi connectivity index (χ3v) is 4.01. The summed E-state index contributed by atoms with van der Waals surface area (Å²) in [5, 5.41) is 9.24. The maximum Gasteiger partial charge on any atom is 0.326 e. The van der Waals surface area contributed by atoms with Gasteiger partial charge in [-0.15, -0.1) is 0 Å². The molecule has 2 amide bonds. The van der Waals surface area contributed by atoms with E-state index in [0.29, 0.717) is 37.9 Å². The van der Waals surface area contributed by atoms with Crippen LogP contribution < -0.4 is 0 Å². The van der Waals surface area contributed by atoms with Crippen LogP contribution in [-0.4, -0.2) is 52.6 Å². The summed E-state index contributed by atoms with van der Waals surface area (Å²) in [6.07, 6.45) is 3.26. The summed E-state index contributed by atoms with van der Waals surface area (Å²) in [6, 6.07) is -0.737. The molecule has 122 valence electrons. The smallest absolute Gasteiger partial charge is 0.326 e. The molecule has 1 N–H and O–H groups in total. The van der Waals surface area contributed by atoms with Crippen LogP contribution in [-0.2, 0) is 4.79 Å². The highest BCUT2D eigenvalue weighted by atomic mass is 16.4. The average Bonchev–Trinajstić information content (AvgIpc) is 2.86. The number of carboxylic acid groups (broad SMARTS) is 1. The Balaban J connectivity index is 2.70. The van der Waals surface area contributed by atoms with Crippen LogP contribution in [0.3, 0.4) is 0 Å². The molecule has 0 bridgehead atoms. The number of hydrogen-bond acceptors (Lipinski definition) is 2. The molecule has 0 unspecified atom stereocenters. The van der Waals surface area contributed by atoms with Crippen molar-refractivity contribution in [2.75, 3.05) is 19.6 Å². The van der Waals surface area contributed by atoms with Crippen LogP contribution in [0, 0.1) is 11.8 Å². The topological polar surface area (TPSA) is 60.9 Å². The molecule has 0 spiro atoms. The van der Waals surface area contributed by atoms with Gasteiger partial charge in [0.1, 0.15) is 6.04 Å². The lowest BCUT2D eigenvalue weighted by Gasteiger charge is -2.31. The minimum atomic E-state index is -0.881. The lowest BCUT2D eigenvalue weighted by Crippen LogP contribution is -2.48. The summed E-state index contributed by atoms with van der Waals surface area (Å²) in [5.41, 5.74) is 0. The highest BCUT2D eigenvalue weighted by Crippen LogP contribution is 2.20. The number of carbonyl (C=O) groups is 2. The lowest BCUT2D eigenvalue weighted by molar-refractivity contribution is -0.141. The monoisotopic (exact) mass is 298 g/mol. The van der Waals surface area contributed by atoms with Gasteiger partial charge >= 0.3 is 12.0 Å². The van der Waals surface area contributed by atoms with Crippen LogP contribution in [0.1, 0.15) is 53.4 Å². The highest BCUT2D eigenvalue weighted by Gasteiger charge is 2.36. The molecule has 1 saturated heterocycles. The van der Waals surface area contributed by atoms with Gasteiger partial charge in [0, 0.05) is 19.6 Å². The van der Waals surface area contributed by atoms with E-state index in [0.717, 1.165) is 19.3 Å². The summed E-state index contributed by atoms with van der Waals surface area (Å²) < 4.78 is 0. The number of hydrogen-bond donors (Lipinski definition) is 1. The number of carboxylic acids is 1. The fourth-order valence-electron chi connectivity index (χ4n) is 2.57. The number of amides is 2. The number of aliphatic carboxylic acids is 1. The van der Waals surface area contributed by atoms with Crippen molar-refractivity contribution >= 4 is 12.0 Å². The summed E-state index contributed by atoms with van der Waals surface area (Å²) in [4.78, 5) is 27.3. The number of rotatable bonds is 7. The quantitative estimate of drug-likeness (QED) is 0.786. The van der Waals surface area contributed by atoms with E-state index in [9.17, 15) is 14.7 Å². The van der Waals surface area contributed by atoms with Gasteiger partial charge in [0.2, 0.25) is 0 Å².